The van der Waals surface area contributed by atoms with Crippen LogP contribution in [-0.2, 0) is 25.9 Å². The first-order chi connectivity index (χ1) is 15.8. The van der Waals surface area contributed by atoms with Crippen LogP contribution >= 0.6 is 0 Å². The number of aromatic amines is 1. The largest absolute Gasteiger partial charge is 0.454 e. The van der Waals surface area contributed by atoms with Crippen molar-refractivity contribution >= 4 is 32.7 Å². The number of hydrogen-bond acceptors (Lipinski definition) is 6. The van der Waals surface area contributed by atoms with Gasteiger partial charge >= 0.3 is 5.97 Å². The number of carbonyl (C=O) groups is 2. The van der Waals surface area contributed by atoms with Gasteiger partial charge in [0.1, 0.15) is 0 Å². The van der Waals surface area contributed by atoms with Gasteiger partial charge in [-0.3, -0.25) is 4.79 Å². The number of H-pyrrole nitrogens is 1. The summed E-state index contributed by atoms with van der Waals surface area (Å²) >= 11 is 0. The van der Waals surface area contributed by atoms with Crippen molar-refractivity contribution in [2.24, 2.45) is 0 Å². The van der Waals surface area contributed by atoms with Crippen molar-refractivity contribution in [3.05, 3.63) is 64.8 Å². The number of nitrogens with zero attached hydrogens (tertiary/aromatic N) is 1. The molecule has 9 heteroatoms. The quantitative estimate of drug-likeness (QED) is 0.420. The van der Waals surface area contributed by atoms with E-state index in [4.69, 9.17) is 9.47 Å². The van der Waals surface area contributed by atoms with E-state index in [1.165, 1.54) is 16.4 Å². The first-order valence-corrected chi connectivity index (χ1v) is 12.2. The molecule has 0 saturated carbocycles. The minimum atomic E-state index is -3.77. The Morgan fingerprint density at radius 2 is 1.91 bits per heavy atom. The van der Waals surface area contributed by atoms with Gasteiger partial charge in [0, 0.05) is 35.8 Å². The summed E-state index contributed by atoms with van der Waals surface area (Å²) in [7, 11) is -3.77. The van der Waals surface area contributed by atoms with Crippen LogP contribution in [0.5, 0.6) is 0 Å². The number of aryl methyl sites for hydroxylation is 2. The second-order valence-corrected chi connectivity index (χ2v) is 9.80. The van der Waals surface area contributed by atoms with E-state index in [0.29, 0.717) is 24.3 Å². The molecule has 8 nitrogen and oxygen atoms in total. The van der Waals surface area contributed by atoms with E-state index >= 15 is 0 Å². The molecule has 0 radical (unpaired) electrons. The van der Waals surface area contributed by atoms with E-state index < -0.39 is 22.6 Å². The number of rotatable bonds is 7. The molecular weight excluding hydrogens is 444 g/mol. The first kappa shape index (κ1) is 23.2. The lowest BCUT2D eigenvalue weighted by molar-refractivity contribution is 0.0475. The maximum Gasteiger partial charge on any atom is 0.338 e. The number of benzene rings is 2. The Hall–Kier alpha value is -3.01. The van der Waals surface area contributed by atoms with E-state index in [1.54, 1.807) is 19.2 Å². The Bertz CT molecular complexity index is 1310. The van der Waals surface area contributed by atoms with Crippen LogP contribution in [-0.4, -0.2) is 62.4 Å². The summed E-state index contributed by atoms with van der Waals surface area (Å²) in [5, 5.41) is 0.782. The van der Waals surface area contributed by atoms with Gasteiger partial charge < -0.3 is 14.5 Å². The van der Waals surface area contributed by atoms with Gasteiger partial charge in [-0.15, -0.1) is 0 Å². The molecule has 1 aliphatic heterocycles. The van der Waals surface area contributed by atoms with Gasteiger partial charge in [-0.25, -0.2) is 13.2 Å². The zero-order chi connectivity index (χ0) is 23.6. The van der Waals surface area contributed by atoms with Crippen LogP contribution in [0, 0.1) is 6.92 Å². The molecule has 2 heterocycles. The van der Waals surface area contributed by atoms with Crippen LogP contribution in [0.3, 0.4) is 0 Å². The molecule has 0 unspecified atom stereocenters. The van der Waals surface area contributed by atoms with Crippen molar-refractivity contribution in [3.8, 4) is 0 Å². The van der Waals surface area contributed by atoms with Gasteiger partial charge in [0.15, 0.2) is 6.61 Å². The van der Waals surface area contributed by atoms with Crippen molar-refractivity contribution < 1.29 is 27.5 Å². The summed E-state index contributed by atoms with van der Waals surface area (Å²) in [5.41, 5.74) is 3.04. The molecule has 0 aliphatic carbocycles. The zero-order valence-electron chi connectivity index (χ0n) is 18.6. The van der Waals surface area contributed by atoms with Crippen LogP contribution in [0.15, 0.2) is 47.5 Å². The van der Waals surface area contributed by atoms with Crippen LogP contribution in [0.4, 0.5) is 0 Å². The van der Waals surface area contributed by atoms with Crippen molar-refractivity contribution in [2.75, 3.05) is 32.9 Å². The number of aromatic nitrogens is 1. The maximum absolute atomic E-state index is 13.0. The minimum absolute atomic E-state index is 0.0499. The Labute approximate surface area is 192 Å². The lowest BCUT2D eigenvalue weighted by atomic mass is 10.1. The predicted molar refractivity (Wildman–Crippen MR) is 123 cm³/mol. The number of nitrogens with one attached hydrogen (secondary N) is 1. The number of Topliss-reactive ketones (excluding diaryl/α,β-unsaturated/α-hetero) is 1. The Kier molecular flexibility index (Phi) is 6.64. The first-order valence-electron chi connectivity index (χ1n) is 10.8. The highest BCUT2D eigenvalue weighted by Gasteiger charge is 2.28. The maximum atomic E-state index is 13.0. The molecule has 1 saturated heterocycles. The fourth-order valence-corrected chi connectivity index (χ4v) is 5.62. The lowest BCUT2D eigenvalue weighted by Gasteiger charge is -2.26. The fourth-order valence-electron chi connectivity index (χ4n) is 3.97. The molecule has 4 rings (SSSR count). The molecule has 3 aromatic rings. The number of carbonyl (C=O) groups excluding carboxylic acids is 2. The molecule has 0 bridgehead atoms. The van der Waals surface area contributed by atoms with Crippen LogP contribution in [0.2, 0.25) is 0 Å². The summed E-state index contributed by atoms with van der Waals surface area (Å²) in [6, 6.07) is 10.1. The van der Waals surface area contributed by atoms with E-state index in [0.717, 1.165) is 22.9 Å². The van der Waals surface area contributed by atoms with Gasteiger partial charge in [0.2, 0.25) is 15.8 Å². The topological polar surface area (TPSA) is 106 Å². The summed E-state index contributed by atoms with van der Waals surface area (Å²) < 4.78 is 37.9. The molecule has 33 heavy (non-hydrogen) atoms. The second-order valence-electron chi connectivity index (χ2n) is 7.89. The number of morpholine rings is 1. The molecule has 0 atom stereocenters. The standard InChI is InChI=1S/C24H26N2O6S/c1-3-17-5-4-6-19-20(14-25-23(17)19)21(27)15-32-24(28)18-8-7-16(2)22(13-18)33(29,30)26-9-11-31-12-10-26/h4-8,13-14,25H,3,9-12,15H2,1-2H3. The van der Waals surface area contributed by atoms with Gasteiger partial charge in [0.05, 0.1) is 23.7 Å². The average Bonchev–Trinajstić information content (AvgIpc) is 3.27. The van der Waals surface area contributed by atoms with Crippen molar-refractivity contribution in [2.45, 2.75) is 25.2 Å². The Morgan fingerprint density at radius 3 is 2.64 bits per heavy atom. The summed E-state index contributed by atoms with van der Waals surface area (Å²) in [6.07, 6.45) is 2.45. The lowest BCUT2D eigenvalue weighted by Crippen LogP contribution is -2.40. The molecule has 174 valence electrons. The number of para-hydroxylation sites is 1. The fraction of sp³-hybridized carbons (Fsp3) is 0.333. The molecule has 0 amide bonds. The Balaban J connectivity index is 1.50. The molecule has 2 aromatic carbocycles. The highest BCUT2D eigenvalue weighted by atomic mass is 32.2. The molecule has 0 spiro atoms. The van der Waals surface area contributed by atoms with Gasteiger partial charge in [-0.2, -0.15) is 4.31 Å². The van der Waals surface area contributed by atoms with E-state index in [9.17, 15) is 18.0 Å². The highest BCUT2D eigenvalue weighted by Crippen LogP contribution is 2.24. The predicted octanol–water partition coefficient (Wildman–Crippen LogP) is 3.10. The number of fused-ring (bicyclic) bond motifs is 1. The molecule has 1 aliphatic rings. The summed E-state index contributed by atoms with van der Waals surface area (Å²) in [5.74, 6) is -1.09. The zero-order valence-corrected chi connectivity index (χ0v) is 19.4. The Morgan fingerprint density at radius 1 is 1.15 bits per heavy atom. The van der Waals surface area contributed by atoms with E-state index in [-0.39, 0.29) is 29.3 Å². The van der Waals surface area contributed by atoms with Crippen molar-refractivity contribution in [1.29, 1.82) is 0 Å². The van der Waals surface area contributed by atoms with E-state index in [2.05, 4.69) is 4.98 Å². The molecular formula is C24H26N2O6S. The second kappa shape index (κ2) is 9.46. The monoisotopic (exact) mass is 470 g/mol. The van der Waals surface area contributed by atoms with Gasteiger partial charge in [0.25, 0.3) is 0 Å². The number of sulfonamides is 1. The third-order valence-corrected chi connectivity index (χ3v) is 7.87. The van der Waals surface area contributed by atoms with Crippen LogP contribution in [0.1, 0.15) is 38.8 Å². The normalized spacial score (nSPS) is 15.0. The van der Waals surface area contributed by atoms with Crippen LogP contribution in [0.25, 0.3) is 10.9 Å². The molecule has 1 N–H and O–H groups in total. The number of ether oxygens (including phenoxy) is 2. The average molecular weight is 471 g/mol. The summed E-state index contributed by atoms with van der Waals surface area (Å²) in [6.45, 7) is 4.44. The van der Waals surface area contributed by atoms with E-state index in [1.807, 2.05) is 25.1 Å². The van der Waals surface area contributed by atoms with Crippen LogP contribution < -0.4 is 0 Å². The number of hydrogen-bond donors (Lipinski definition) is 1. The SMILES string of the molecule is CCc1cccc2c(C(=O)COC(=O)c3ccc(C)c(S(=O)(=O)N4CCOCC4)c3)c[nH]c12. The van der Waals surface area contributed by atoms with Gasteiger partial charge in [-0.1, -0.05) is 31.2 Å². The van der Waals surface area contributed by atoms with Gasteiger partial charge in [-0.05, 0) is 36.6 Å². The number of esters is 1. The van der Waals surface area contributed by atoms with Crippen molar-refractivity contribution in [1.82, 2.24) is 9.29 Å². The highest BCUT2D eigenvalue weighted by molar-refractivity contribution is 7.89. The minimum Gasteiger partial charge on any atom is -0.454 e. The third kappa shape index (κ3) is 4.57. The third-order valence-electron chi connectivity index (χ3n) is 5.83. The summed E-state index contributed by atoms with van der Waals surface area (Å²) in [4.78, 5) is 28.5. The van der Waals surface area contributed by atoms with Crippen molar-refractivity contribution in [3.63, 3.8) is 0 Å². The molecule has 1 aromatic heterocycles. The molecule has 1 fully saturated rings. The smallest absolute Gasteiger partial charge is 0.338 e. The number of ketones is 1.